The fraction of sp³-hybridized carbons (Fsp3) is 0.167. The van der Waals surface area contributed by atoms with Crippen molar-refractivity contribution in [2.24, 2.45) is 0 Å². The Labute approximate surface area is 94.5 Å². The number of nitrogens with two attached hydrogens (primary N) is 1. The summed E-state index contributed by atoms with van der Waals surface area (Å²) in [5, 5.41) is 3.30. The zero-order valence-electron chi connectivity index (χ0n) is 9.14. The minimum absolute atomic E-state index is 0.673. The van der Waals surface area contributed by atoms with Crippen LogP contribution in [0.15, 0.2) is 36.8 Å². The quantitative estimate of drug-likeness (QED) is 0.767. The van der Waals surface area contributed by atoms with Crippen LogP contribution in [0, 0.1) is 6.92 Å². The first-order valence-corrected chi connectivity index (χ1v) is 5.11. The lowest BCUT2D eigenvalue weighted by atomic mass is 10.1. The van der Waals surface area contributed by atoms with E-state index in [1.54, 1.807) is 12.5 Å². The normalized spacial score (nSPS) is 10.1. The molecule has 1 heterocycles. The summed E-state index contributed by atoms with van der Waals surface area (Å²) in [6.45, 7) is 2.67. The zero-order chi connectivity index (χ0) is 11.4. The van der Waals surface area contributed by atoms with Crippen LogP contribution < -0.4 is 11.1 Å². The number of nitrogen functional groups attached to an aromatic ring is 1. The smallest absolute Gasteiger partial charge is 0.115 e. The van der Waals surface area contributed by atoms with E-state index in [4.69, 9.17) is 5.73 Å². The minimum atomic E-state index is 0.673. The van der Waals surface area contributed by atoms with Gasteiger partial charge in [0.1, 0.15) is 6.33 Å². The highest BCUT2D eigenvalue weighted by Gasteiger charge is 2.00. The first-order valence-electron chi connectivity index (χ1n) is 5.11. The lowest BCUT2D eigenvalue weighted by molar-refractivity contribution is 1.00. The summed E-state index contributed by atoms with van der Waals surface area (Å²) < 4.78 is 0. The van der Waals surface area contributed by atoms with Crippen molar-refractivity contribution in [1.29, 1.82) is 0 Å². The van der Waals surface area contributed by atoms with Gasteiger partial charge in [-0.15, -0.1) is 0 Å². The van der Waals surface area contributed by atoms with Crippen molar-refractivity contribution in [3.63, 3.8) is 0 Å². The van der Waals surface area contributed by atoms with Gasteiger partial charge in [-0.05, 0) is 30.7 Å². The fourth-order valence-electron chi connectivity index (χ4n) is 1.45. The highest BCUT2D eigenvalue weighted by atomic mass is 14.9. The first-order chi connectivity index (χ1) is 7.77. The molecule has 0 amide bonds. The number of nitrogens with one attached hydrogen (secondary N) is 1. The summed E-state index contributed by atoms with van der Waals surface area (Å²) in [6, 6.07) is 7.72. The maximum absolute atomic E-state index is 5.82. The molecule has 4 heteroatoms. The van der Waals surface area contributed by atoms with Crippen LogP contribution in [0.5, 0.6) is 0 Å². The molecule has 0 radical (unpaired) electrons. The Morgan fingerprint density at radius 3 is 2.94 bits per heavy atom. The maximum atomic E-state index is 5.82. The predicted molar refractivity (Wildman–Crippen MR) is 65.0 cm³/mol. The molecule has 0 aliphatic carbocycles. The Hall–Kier alpha value is -2.10. The second-order valence-electron chi connectivity index (χ2n) is 3.57. The number of benzene rings is 1. The van der Waals surface area contributed by atoms with Gasteiger partial charge in [-0.2, -0.15) is 0 Å². The van der Waals surface area contributed by atoms with E-state index in [0.717, 1.165) is 22.6 Å². The molecule has 0 aliphatic heterocycles. The van der Waals surface area contributed by atoms with E-state index in [2.05, 4.69) is 15.3 Å². The molecule has 0 unspecified atom stereocenters. The molecule has 0 fully saturated rings. The summed E-state index contributed by atoms with van der Waals surface area (Å²) in [5.41, 5.74) is 9.68. The van der Waals surface area contributed by atoms with Crippen LogP contribution in [0.25, 0.3) is 0 Å². The van der Waals surface area contributed by atoms with Gasteiger partial charge in [0.25, 0.3) is 0 Å². The van der Waals surface area contributed by atoms with Crippen LogP contribution >= 0.6 is 0 Å². The Bertz CT molecular complexity index is 468. The van der Waals surface area contributed by atoms with Crippen LogP contribution in [0.3, 0.4) is 0 Å². The van der Waals surface area contributed by atoms with E-state index >= 15 is 0 Å². The van der Waals surface area contributed by atoms with Gasteiger partial charge in [0.05, 0.1) is 12.2 Å². The predicted octanol–water partition coefficient (Wildman–Crippen LogP) is 1.98. The highest BCUT2D eigenvalue weighted by Crippen LogP contribution is 2.20. The SMILES string of the molecule is Cc1c(N)cccc1NCc1ccncn1. The van der Waals surface area contributed by atoms with Crippen molar-refractivity contribution in [2.45, 2.75) is 13.5 Å². The molecule has 0 saturated carbocycles. The lowest BCUT2D eigenvalue weighted by Gasteiger charge is -2.10. The molecular weight excluding hydrogens is 200 g/mol. The summed E-state index contributed by atoms with van der Waals surface area (Å²) in [6.07, 6.45) is 3.28. The average Bonchev–Trinajstić information content (AvgIpc) is 2.32. The molecule has 3 N–H and O–H groups in total. The van der Waals surface area contributed by atoms with Gasteiger partial charge in [-0.25, -0.2) is 9.97 Å². The van der Waals surface area contributed by atoms with Crippen LogP contribution in [-0.4, -0.2) is 9.97 Å². The molecule has 0 spiro atoms. The molecule has 1 aromatic heterocycles. The van der Waals surface area contributed by atoms with E-state index in [0.29, 0.717) is 6.54 Å². The van der Waals surface area contributed by atoms with Crippen molar-refractivity contribution in [2.75, 3.05) is 11.1 Å². The standard InChI is InChI=1S/C12H14N4/c1-9-11(13)3-2-4-12(9)15-7-10-5-6-14-8-16-10/h2-6,8,15H,7,13H2,1H3. The largest absolute Gasteiger partial charge is 0.398 e. The van der Waals surface area contributed by atoms with Gasteiger partial charge in [-0.1, -0.05) is 6.07 Å². The number of hydrogen-bond acceptors (Lipinski definition) is 4. The maximum Gasteiger partial charge on any atom is 0.115 e. The number of aromatic nitrogens is 2. The Kier molecular flexibility index (Phi) is 3.00. The molecule has 82 valence electrons. The van der Waals surface area contributed by atoms with E-state index in [-0.39, 0.29) is 0 Å². The molecular formula is C12H14N4. The molecule has 4 nitrogen and oxygen atoms in total. The van der Waals surface area contributed by atoms with Crippen molar-refractivity contribution in [3.05, 3.63) is 48.0 Å². The number of nitrogens with zero attached hydrogens (tertiary/aromatic N) is 2. The monoisotopic (exact) mass is 214 g/mol. The third kappa shape index (κ3) is 2.28. The number of rotatable bonds is 3. The number of hydrogen-bond donors (Lipinski definition) is 2. The lowest BCUT2D eigenvalue weighted by Crippen LogP contribution is -2.04. The third-order valence-electron chi connectivity index (χ3n) is 2.48. The first kappa shape index (κ1) is 10.4. The molecule has 0 bridgehead atoms. The summed E-state index contributed by atoms with van der Waals surface area (Å²) >= 11 is 0. The van der Waals surface area contributed by atoms with E-state index < -0.39 is 0 Å². The van der Waals surface area contributed by atoms with E-state index in [1.807, 2.05) is 31.2 Å². The zero-order valence-corrected chi connectivity index (χ0v) is 9.14. The van der Waals surface area contributed by atoms with Gasteiger partial charge in [0.15, 0.2) is 0 Å². The van der Waals surface area contributed by atoms with Crippen LogP contribution in [0.4, 0.5) is 11.4 Å². The van der Waals surface area contributed by atoms with E-state index in [9.17, 15) is 0 Å². The Balaban J connectivity index is 2.08. The van der Waals surface area contributed by atoms with Crippen LogP contribution in [0.2, 0.25) is 0 Å². The van der Waals surface area contributed by atoms with Crippen molar-refractivity contribution in [1.82, 2.24) is 9.97 Å². The second-order valence-corrected chi connectivity index (χ2v) is 3.57. The van der Waals surface area contributed by atoms with Gasteiger partial charge in [0, 0.05) is 17.6 Å². The van der Waals surface area contributed by atoms with Gasteiger partial charge in [-0.3, -0.25) is 0 Å². The molecule has 2 rings (SSSR count). The summed E-state index contributed by atoms with van der Waals surface area (Å²) in [4.78, 5) is 8.01. The van der Waals surface area contributed by atoms with Crippen molar-refractivity contribution >= 4 is 11.4 Å². The molecule has 2 aromatic rings. The third-order valence-corrected chi connectivity index (χ3v) is 2.48. The van der Waals surface area contributed by atoms with Gasteiger partial charge in [0.2, 0.25) is 0 Å². The second kappa shape index (κ2) is 4.61. The highest BCUT2D eigenvalue weighted by molar-refractivity contribution is 5.62. The van der Waals surface area contributed by atoms with E-state index in [1.165, 1.54) is 0 Å². The summed E-state index contributed by atoms with van der Waals surface area (Å²) in [7, 11) is 0. The van der Waals surface area contributed by atoms with Crippen molar-refractivity contribution in [3.8, 4) is 0 Å². The fourth-order valence-corrected chi connectivity index (χ4v) is 1.45. The summed E-state index contributed by atoms with van der Waals surface area (Å²) in [5.74, 6) is 0. The topological polar surface area (TPSA) is 63.8 Å². The van der Waals surface area contributed by atoms with Gasteiger partial charge >= 0.3 is 0 Å². The van der Waals surface area contributed by atoms with Crippen LogP contribution in [0.1, 0.15) is 11.3 Å². The average molecular weight is 214 g/mol. The van der Waals surface area contributed by atoms with Crippen molar-refractivity contribution < 1.29 is 0 Å². The molecule has 16 heavy (non-hydrogen) atoms. The Morgan fingerprint density at radius 2 is 2.19 bits per heavy atom. The molecule has 1 aromatic carbocycles. The van der Waals surface area contributed by atoms with Gasteiger partial charge < -0.3 is 11.1 Å². The molecule has 0 saturated heterocycles. The molecule has 0 aliphatic rings. The Morgan fingerprint density at radius 1 is 1.31 bits per heavy atom. The molecule has 0 atom stereocenters. The van der Waals surface area contributed by atoms with Crippen LogP contribution in [-0.2, 0) is 6.54 Å². The minimum Gasteiger partial charge on any atom is -0.398 e. The number of anilines is 2.